The minimum Gasteiger partial charge on any atom is -0.256 e. The van der Waals surface area contributed by atoms with Gasteiger partial charge in [-0.1, -0.05) is 63.2 Å². The number of thiophene rings is 2. The Morgan fingerprint density at radius 3 is 2.38 bits per heavy atom. The summed E-state index contributed by atoms with van der Waals surface area (Å²) in [5.74, 6) is 0. The van der Waals surface area contributed by atoms with Crippen LogP contribution in [0.3, 0.4) is 0 Å². The first-order chi connectivity index (χ1) is 15.5. The smallest absolute Gasteiger partial charge is 0.0789 e. The largest absolute Gasteiger partial charge is 0.256 e. The molecule has 32 heavy (non-hydrogen) atoms. The van der Waals surface area contributed by atoms with Crippen molar-refractivity contribution in [3.8, 4) is 21.7 Å². The fraction of sp³-hybridized carbons (Fsp3) is 0.138. The van der Waals surface area contributed by atoms with E-state index in [-0.39, 0.29) is 5.41 Å². The van der Waals surface area contributed by atoms with Gasteiger partial charge in [-0.2, -0.15) is 0 Å². The summed E-state index contributed by atoms with van der Waals surface area (Å²) in [5.41, 5.74) is 5.01. The van der Waals surface area contributed by atoms with Gasteiger partial charge in [-0.15, -0.1) is 22.7 Å². The fourth-order valence-electron chi connectivity index (χ4n) is 4.56. The van der Waals surface area contributed by atoms with Crippen LogP contribution < -0.4 is 0 Å². The predicted octanol–water partition coefficient (Wildman–Crippen LogP) is 9.30. The number of benzene rings is 3. The second-order valence-corrected chi connectivity index (χ2v) is 11.3. The third-order valence-corrected chi connectivity index (χ3v) is 8.23. The molecule has 3 aromatic carbocycles. The van der Waals surface area contributed by atoms with Crippen LogP contribution in [0.2, 0.25) is 0 Å². The van der Waals surface area contributed by atoms with E-state index in [1.54, 1.807) is 0 Å². The highest BCUT2D eigenvalue weighted by molar-refractivity contribution is 7.23. The molecule has 0 atom stereocenters. The number of hydrogen-bond donors (Lipinski definition) is 0. The van der Waals surface area contributed by atoms with Gasteiger partial charge >= 0.3 is 0 Å². The van der Waals surface area contributed by atoms with Crippen molar-refractivity contribution in [1.29, 1.82) is 0 Å². The lowest BCUT2D eigenvalue weighted by Crippen LogP contribution is -2.12. The van der Waals surface area contributed by atoms with Crippen LogP contribution in [0.25, 0.3) is 52.6 Å². The van der Waals surface area contributed by atoms with Crippen molar-refractivity contribution in [3.63, 3.8) is 0 Å². The molecule has 0 spiro atoms. The molecular weight excluding hydrogens is 426 g/mol. The van der Waals surface area contributed by atoms with E-state index in [0.29, 0.717) is 0 Å². The Morgan fingerprint density at radius 1 is 0.750 bits per heavy atom. The SMILES string of the molecule is CC(C)(C)c1cc(-c2nccc3sc(-c4csc5ccccc45)cc23)cc2ccccc12. The van der Waals surface area contributed by atoms with E-state index in [0.717, 1.165) is 5.69 Å². The third kappa shape index (κ3) is 3.16. The van der Waals surface area contributed by atoms with Crippen LogP contribution in [0.5, 0.6) is 0 Å². The summed E-state index contributed by atoms with van der Waals surface area (Å²) in [6.45, 7) is 6.87. The van der Waals surface area contributed by atoms with Crippen LogP contribution in [0.15, 0.2) is 84.4 Å². The van der Waals surface area contributed by atoms with Crippen molar-refractivity contribution in [2.45, 2.75) is 26.2 Å². The molecule has 6 rings (SSSR count). The van der Waals surface area contributed by atoms with Crippen molar-refractivity contribution >= 4 is 53.6 Å². The first-order valence-corrected chi connectivity index (χ1v) is 12.6. The summed E-state index contributed by atoms with van der Waals surface area (Å²) in [5, 5.41) is 7.45. The minimum atomic E-state index is 0.0545. The van der Waals surface area contributed by atoms with Crippen molar-refractivity contribution in [2.24, 2.45) is 0 Å². The number of nitrogens with zero attached hydrogens (tertiary/aromatic N) is 1. The molecular formula is C29H23NS2. The molecule has 3 heteroatoms. The van der Waals surface area contributed by atoms with E-state index in [9.17, 15) is 0 Å². The first-order valence-electron chi connectivity index (χ1n) is 10.9. The molecule has 0 saturated heterocycles. The number of aromatic nitrogens is 1. The van der Waals surface area contributed by atoms with Gasteiger partial charge < -0.3 is 0 Å². The summed E-state index contributed by atoms with van der Waals surface area (Å²) in [6.07, 6.45) is 1.95. The van der Waals surface area contributed by atoms with Crippen molar-refractivity contribution in [1.82, 2.24) is 4.98 Å². The normalized spacial score (nSPS) is 12.2. The van der Waals surface area contributed by atoms with E-state index >= 15 is 0 Å². The zero-order chi connectivity index (χ0) is 21.9. The summed E-state index contributed by atoms with van der Waals surface area (Å²) in [7, 11) is 0. The number of pyridine rings is 1. The highest BCUT2D eigenvalue weighted by Crippen LogP contribution is 2.43. The van der Waals surface area contributed by atoms with Gasteiger partial charge in [0.2, 0.25) is 0 Å². The second-order valence-electron chi connectivity index (χ2n) is 9.32. The number of rotatable bonds is 2. The van der Waals surface area contributed by atoms with Crippen LogP contribution >= 0.6 is 22.7 Å². The molecule has 0 aliphatic heterocycles. The van der Waals surface area contributed by atoms with E-state index in [1.807, 2.05) is 28.9 Å². The Morgan fingerprint density at radius 2 is 1.53 bits per heavy atom. The molecule has 0 N–H and O–H groups in total. The quantitative estimate of drug-likeness (QED) is 0.257. The molecule has 0 saturated carbocycles. The molecule has 0 bridgehead atoms. The van der Waals surface area contributed by atoms with Crippen LogP contribution in [0.4, 0.5) is 0 Å². The molecule has 0 amide bonds. The Labute approximate surface area is 196 Å². The third-order valence-electron chi connectivity index (χ3n) is 6.14. The van der Waals surface area contributed by atoms with E-state index in [4.69, 9.17) is 4.98 Å². The molecule has 0 aliphatic carbocycles. The molecule has 0 fully saturated rings. The number of fused-ring (bicyclic) bond motifs is 3. The zero-order valence-corrected chi connectivity index (χ0v) is 20.0. The summed E-state index contributed by atoms with van der Waals surface area (Å²) in [4.78, 5) is 6.18. The Bertz CT molecular complexity index is 1610. The number of hydrogen-bond acceptors (Lipinski definition) is 3. The van der Waals surface area contributed by atoms with Gasteiger partial charge in [-0.25, -0.2) is 0 Å². The fourth-order valence-corrected chi connectivity index (χ4v) is 6.68. The topological polar surface area (TPSA) is 12.9 Å². The maximum atomic E-state index is 4.87. The molecule has 3 aromatic heterocycles. The lowest BCUT2D eigenvalue weighted by molar-refractivity contribution is 0.596. The van der Waals surface area contributed by atoms with Crippen molar-refractivity contribution in [2.75, 3.05) is 0 Å². The predicted molar refractivity (Wildman–Crippen MR) is 142 cm³/mol. The second kappa shape index (κ2) is 7.26. The monoisotopic (exact) mass is 449 g/mol. The molecule has 0 aliphatic rings. The summed E-state index contributed by atoms with van der Waals surface area (Å²) < 4.78 is 2.62. The summed E-state index contributed by atoms with van der Waals surface area (Å²) >= 11 is 3.68. The zero-order valence-electron chi connectivity index (χ0n) is 18.3. The maximum Gasteiger partial charge on any atom is 0.0789 e. The van der Waals surface area contributed by atoms with Gasteiger partial charge in [0, 0.05) is 47.8 Å². The Balaban J connectivity index is 1.59. The maximum absolute atomic E-state index is 4.87. The van der Waals surface area contributed by atoms with E-state index in [2.05, 4.69) is 98.9 Å². The van der Waals surface area contributed by atoms with E-state index in [1.165, 1.54) is 52.5 Å². The highest BCUT2D eigenvalue weighted by Gasteiger charge is 2.20. The van der Waals surface area contributed by atoms with Crippen molar-refractivity contribution in [3.05, 3.63) is 89.9 Å². The molecule has 0 radical (unpaired) electrons. The van der Waals surface area contributed by atoms with Crippen LogP contribution in [0, 0.1) is 0 Å². The first kappa shape index (κ1) is 19.7. The highest BCUT2D eigenvalue weighted by atomic mass is 32.1. The average Bonchev–Trinajstić information content (AvgIpc) is 3.41. The van der Waals surface area contributed by atoms with Gasteiger partial charge in [-0.05, 0) is 52.1 Å². The van der Waals surface area contributed by atoms with Crippen LogP contribution in [-0.4, -0.2) is 4.98 Å². The molecule has 156 valence electrons. The van der Waals surface area contributed by atoms with Crippen LogP contribution in [0.1, 0.15) is 26.3 Å². The summed E-state index contributed by atoms with van der Waals surface area (Å²) in [6, 6.07) is 26.5. The van der Waals surface area contributed by atoms with Crippen molar-refractivity contribution < 1.29 is 0 Å². The van der Waals surface area contributed by atoms with Gasteiger partial charge in [0.05, 0.1) is 5.69 Å². The lowest BCUT2D eigenvalue weighted by Gasteiger charge is -2.22. The van der Waals surface area contributed by atoms with Gasteiger partial charge in [0.1, 0.15) is 0 Å². The van der Waals surface area contributed by atoms with Crippen LogP contribution in [-0.2, 0) is 5.41 Å². The Hall–Kier alpha value is -3.01. The van der Waals surface area contributed by atoms with Gasteiger partial charge in [-0.3, -0.25) is 4.98 Å². The molecule has 0 unspecified atom stereocenters. The van der Waals surface area contributed by atoms with E-state index < -0.39 is 0 Å². The average molecular weight is 450 g/mol. The van der Waals surface area contributed by atoms with Gasteiger partial charge in [0.25, 0.3) is 0 Å². The molecule has 6 aromatic rings. The Kier molecular flexibility index (Phi) is 4.46. The molecule has 1 nitrogen and oxygen atoms in total. The standard InChI is InChI=1S/C29H23NS2/c1-29(2,3)24-15-19(14-18-8-4-5-9-20(18)24)28-22-16-27(32-26(22)12-13-30-28)23-17-31-25-11-7-6-10-21(23)25/h4-17H,1-3H3. The lowest BCUT2D eigenvalue weighted by atomic mass is 9.82. The molecule has 3 heterocycles. The van der Waals surface area contributed by atoms with Gasteiger partial charge in [0.15, 0.2) is 0 Å². The minimum absolute atomic E-state index is 0.0545.